The maximum absolute atomic E-state index is 2.50. The van der Waals surface area contributed by atoms with Crippen LogP contribution in [-0.2, 0) is 0 Å². The molecule has 0 saturated carbocycles. The Labute approximate surface area is 73.1 Å². The van der Waals surface area contributed by atoms with Crippen molar-refractivity contribution in [2.45, 2.75) is 32.6 Å². The van der Waals surface area contributed by atoms with Crippen molar-refractivity contribution in [3.05, 3.63) is 0 Å². The van der Waals surface area contributed by atoms with E-state index in [0.717, 1.165) is 5.92 Å². The smallest absolute Gasteiger partial charge is 0.0230 e. The highest BCUT2D eigenvalue weighted by atomic mass is 32.3. The summed E-state index contributed by atoms with van der Waals surface area (Å²) in [6.45, 7) is 2.35. The van der Waals surface area contributed by atoms with Crippen LogP contribution in [0.2, 0.25) is 0 Å². The third-order valence-corrected chi connectivity index (χ3v) is 5.70. The van der Waals surface area contributed by atoms with Gasteiger partial charge in [0, 0.05) is 0 Å². The highest BCUT2D eigenvalue weighted by molar-refractivity contribution is 8.32. The highest BCUT2D eigenvalue weighted by Crippen LogP contribution is 2.45. The normalized spacial score (nSPS) is 34.3. The Balaban J connectivity index is 2.39. The van der Waals surface area contributed by atoms with E-state index >= 15 is 0 Å². The molecule has 0 bridgehead atoms. The summed E-state index contributed by atoms with van der Waals surface area (Å²) in [5.74, 6) is 4.12. The summed E-state index contributed by atoms with van der Waals surface area (Å²) in [6, 6.07) is 0. The minimum Gasteiger partial charge on any atom is -0.247 e. The second-order valence-corrected chi connectivity index (χ2v) is 8.73. The van der Waals surface area contributed by atoms with Crippen molar-refractivity contribution >= 4 is 10.0 Å². The molecule has 1 aliphatic rings. The Morgan fingerprint density at radius 3 is 2.55 bits per heavy atom. The van der Waals surface area contributed by atoms with E-state index in [0.29, 0.717) is 0 Å². The SMILES string of the molecule is CCC1CCCS(C)(C)CC1. The minimum absolute atomic E-state index is 0.162. The Bertz CT molecular complexity index is 118. The molecule has 0 aromatic rings. The van der Waals surface area contributed by atoms with Crippen LogP contribution < -0.4 is 0 Å². The molecule has 0 aromatic heterocycles. The first-order valence-electron chi connectivity index (χ1n) is 4.83. The van der Waals surface area contributed by atoms with Gasteiger partial charge in [0.1, 0.15) is 0 Å². The van der Waals surface area contributed by atoms with Gasteiger partial charge in [0.2, 0.25) is 0 Å². The van der Waals surface area contributed by atoms with Crippen molar-refractivity contribution in [1.82, 2.24) is 0 Å². The third-order valence-electron chi connectivity index (χ3n) is 2.97. The molecule has 1 saturated heterocycles. The van der Waals surface area contributed by atoms with Crippen molar-refractivity contribution in [3.63, 3.8) is 0 Å². The first kappa shape index (κ1) is 9.44. The van der Waals surface area contributed by atoms with E-state index in [1.54, 1.807) is 0 Å². The van der Waals surface area contributed by atoms with Crippen molar-refractivity contribution < 1.29 is 0 Å². The molecule has 0 aromatic carbocycles. The van der Waals surface area contributed by atoms with E-state index in [-0.39, 0.29) is 10.0 Å². The molecule has 0 aliphatic carbocycles. The highest BCUT2D eigenvalue weighted by Gasteiger charge is 2.19. The summed E-state index contributed by atoms with van der Waals surface area (Å²) < 4.78 is 0. The lowest BCUT2D eigenvalue weighted by atomic mass is 9.98. The van der Waals surface area contributed by atoms with E-state index in [4.69, 9.17) is 0 Å². The summed E-state index contributed by atoms with van der Waals surface area (Å²) in [4.78, 5) is 0. The molecule has 68 valence electrons. The van der Waals surface area contributed by atoms with Crippen LogP contribution in [0.5, 0.6) is 0 Å². The van der Waals surface area contributed by atoms with Gasteiger partial charge in [-0.2, -0.15) is 0 Å². The van der Waals surface area contributed by atoms with Gasteiger partial charge >= 0.3 is 0 Å². The molecule has 1 heteroatoms. The fourth-order valence-corrected chi connectivity index (χ4v) is 4.03. The molecule has 11 heavy (non-hydrogen) atoms. The monoisotopic (exact) mass is 174 g/mol. The number of rotatable bonds is 1. The summed E-state index contributed by atoms with van der Waals surface area (Å²) in [6.07, 6.45) is 10.9. The molecule has 1 heterocycles. The van der Waals surface area contributed by atoms with E-state index in [2.05, 4.69) is 19.4 Å². The summed E-state index contributed by atoms with van der Waals surface area (Å²) >= 11 is 0. The fourth-order valence-electron chi connectivity index (χ4n) is 1.90. The summed E-state index contributed by atoms with van der Waals surface area (Å²) in [5.41, 5.74) is 0. The maximum atomic E-state index is 2.50. The zero-order chi connectivity index (χ0) is 8.32. The molecule has 1 aliphatic heterocycles. The van der Waals surface area contributed by atoms with Crippen LogP contribution in [0.3, 0.4) is 0 Å². The van der Waals surface area contributed by atoms with E-state index in [9.17, 15) is 0 Å². The van der Waals surface area contributed by atoms with Crippen LogP contribution in [0.15, 0.2) is 0 Å². The predicted octanol–water partition coefficient (Wildman–Crippen LogP) is 3.26. The van der Waals surface area contributed by atoms with E-state index < -0.39 is 0 Å². The molecule has 1 rings (SSSR count). The van der Waals surface area contributed by atoms with Gasteiger partial charge in [0.25, 0.3) is 0 Å². The van der Waals surface area contributed by atoms with Crippen molar-refractivity contribution in [2.75, 3.05) is 24.0 Å². The first-order valence-corrected chi connectivity index (χ1v) is 7.61. The summed E-state index contributed by atoms with van der Waals surface area (Å²) in [5, 5.41) is 0. The van der Waals surface area contributed by atoms with Crippen molar-refractivity contribution in [1.29, 1.82) is 0 Å². The zero-order valence-corrected chi connectivity index (χ0v) is 9.04. The predicted molar refractivity (Wildman–Crippen MR) is 56.8 cm³/mol. The van der Waals surface area contributed by atoms with Gasteiger partial charge in [-0.15, -0.1) is 0 Å². The van der Waals surface area contributed by atoms with Gasteiger partial charge in [0.15, 0.2) is 0 Å². The quantitative estimate of drug-likeness (QED) is 0.572. The van der Waals surface area contributed by atoms with Gasteiger partial charge in [-0.05, 0) is 49.2 Å². The Hall–Kier alpha value is 0.350. The molecular formula is C10H22S. The lowest BCUT2D eigenvalue weighted by molar-refractivity contribution is 0.462. The Morgan fingerprint density at radius 2 is 1.91 bits per heavy atom. The molecule has 0 N–H and O–H groups in total. The standard InChI is InChI=1S/C10H22S/c1-4-10-6-5-8-11(2,3)9-7-10/h10H,4-9H2,1-3H3. The molecule has 0 amide bonds. The van der Waals surface area contributed by atoms with Crippen molar-refractivity contribution in [2.24, 2.45) is 5.92 Å². The van der Waals surface area contributed by atoms with Gasteiger partial charge < -0.3 is 0 Å². The number of hydrogen-bond donors (Lipinski definition) is 0. The molecule has 1 atom stereocenters. The van der Waals surface area contributed by atoms with Crippen LogP contribution in [0, 0.1) is 5.92 Å². The topological polar surface area (TPSA) is 0 Å². The number of hydrogen-bond acceptors (Lipinski definition) is 0. The minimum atomic E-state index is -0.162. The molecule has 0 nitrogen and oxygen atoms in total. The van der Waals surface area contributed by atoms with Gasteiger partial charge in [0.05, 0.1) is 0 Å². The summed E-state index contributed by atoms with van der Waals surface area (Å²) in [7, 11) is -0.162. The average Bonchev–Trinajstić information content (AvgIpc) is 2.10. The Kier molecular flexibility index (Phi) is 3.29. The first-order chi connectivity index (χ1) is 5.14. The Morgan fingerprint density at radius 1 is 1.18 bits per heavy atom. The van der Waals surface area contributed by atoms with Crippen molar-refractivity contribution in [3.8, 4) is 0 Å². The average molecular weight is 174 g/mol. The fraction of sp³-hybridized carbons (Fsp3) is 1.00. The van der Waals surface area contributed by atoms with Crippen LogP contribution in [0.25, 0.3) is 0 Å². The zero-order valence-electron chi connectivity index (χ0n) is 8.23. The second kappa shape index (κ2) is 3.84. The maximum Gasteiger partial charge on any atom is -0.0230 e. The molecule has 0 spiro atoms. The van der Waals surface area contributed by atoms with Crippen LogP contribution >= 0.6 is 10.0 Å². The lowest BCUT2D eigenvalue weighted by Gasteiger charge is -2.29. The van der Waals surface area contributed by atoms with E-state index in [1.165, 1.54) is 37.2 Å². The lowest BCUT2D eigenvalue weighted by Crippen LogP contribution is -2.04. The van der Waals surface area contributed by atoms with Gasteiger partial charge in [-0.3, -0.25) is 0 Å². The molecular weight excluding hydrogens is 152 g/mol. The molecule has 1 fully saturated rings. The third kappa shape index (κ3) is 3.06. The molecule has 0 radical (unpaired) electrons. The second-order valence-electron chi connectivity index (χ2n) is 4.38. The van der Waals surface area contributed by atoms with Crippen LogP contribution in [0.1, 0.15) is 32.6 Å². The molecule has 1 unspecified atom stereocenters. The van der Waals surface area contributed by atoms with Crippen LogP contribution in [-0.4, -0.2) is 24.0 Å². The van der Waals surface area contributed by atoms with E-state index in [1.807, 2.05) is 0 Å². The van der Waals surface area contributed by atoms with Gasteiger partial charge in [-0.25, -0.2) is 10.0 Å². The van der Waals surface area contributed by atoms with Crippen LogP contribution in [0.4, 0.5) is 0 Å². The van der Waals surface area contributed by atoms with Gasteiger partial charge in [-0.1, -0.05) is 13.3 Å². The largest absolute Gasteiger partial charge is 0.247 e.